The molecule has 1 nitrogen and oxygen atoms in total. The lowest BCUT2D eigenvalue weighted by Crippen LogP contribution is -2.20. The summed E-state index contributed by atoms with van der Waals surface area (Å²) in [5.74, 6) is 0. The molecule has 0 unspecified atom stereocenters. The number of hydrogen-bond donors (Lipinski definition) is 0. The SMILES string of the molecule is CC1(C)c2ccccc2-c2c1cc1c(c2N(c2ccccc2)c2ccc3ccccc3c2)-c2ccc(-c3ccccc3)cc2C1(C)C. The van der Waals surface area contributed by atoms with Crippen molar-refractivity contribution >= 4 is 27.8 Å². The fourth-order valence-corrected chi connectivity index (χ4v) is 8.35. The highest BCUT2D eigenvalue weighted by Crippen LogP contribution is 2.62. The van der Waals surface area contributed by atoms with Crippen molar-refractivity contribution in [3.05, 3.63) is 174 Å². The molecule has 0 aliphatic heterocycles. The minimum absolute atomic E-state index is 0.137. The van der Waals surface area contributed by atoms with E-state index in [4.69, 9.17) is 0 Å². The van der Waals surface area contributed by atoms with Crippen LogP contribution in [0.25, 0.3) is 44.2 Å². The van der Waals surface area contributed by atoms with Crippen LogP contribution in [0.5, 0.6) is 0 Å². The largest absolute Gasteiger partial charge is 0.309 e. The van der Waals surface area contributed by atoms with Crippen LogP contribution in [0.3, 0.4) is 0 Å². The smallest absolute Gasteiger partial charge is 0.0624 e. The Bertz CT molecular complexity index is 2340. The zero-order chi connectivity index (χ0) is 31.9. The Balaban J connectivity index is 1.42. The molecule has 0 atom stereocenters. The summed E-state index contributed by atoms with van der Waals surface area (Å²) in [6.45, 7) is 9.64. The maximum atomic E-state index is 2.56. The van der Waals surface area contributed by atoms with E-state index in [1.165, 1.54) is 77.8 Å². The molecule has 9 rings (SSSR count). The molecule has 0 saturated carbocycles. The van der Waals surface area contributed by atoms with Crippen molar-refractivity contribution in [3.8, 4) is 33.4 Å². The van der Waals surface area contributed by atoms with Crippen LogP contribution < -0.4 is 4.90 Å². The van der Waals surface area contributed by atoms with Gasteiger partial charge in [-0.15, -0.1) is 0 Å². The third kappa shape index (κ3) is 4.02. The first-order chi connectivity index (χ1) is 22.8. The zero-order valence-corrected chi connectivity index (χ0v) is 27.4. The van der Waals surface area contributed by atoms with Crippen molar-refractivity contribution in [1.82, 2.24) is 0 Å². The van der Waals surface area contributed by atoms with Crippen molar-refractivity contribution < 1.29 is 0 Å². The average molecular weight is 604 g/mol. The van der Waals surface area contributed by atoms with E-state index in [0.717, 1.165) is 5.69 Å². The molecule has 0 spiro atoms. The molecule has 2 aliphatic carbocycles. The second kappa shape index (κ2) is 10.0. The van der Waals surface area contributed by atoms with Crippen LogP contribution in [-0.4, -0.2) is 0 Å². The molecular weight excluding hydrogens is 567 g/mol. The molecule has 7 aromatic rings. The maximum absolute atomic E-state index is 2.56. The third-order valence-electron chi connectivity index (χ3n) is 10.8. The highest BCUT2D eigenvalue weighted by Gasteiger charge is 2.45. The highest BCUT2D eigenvalue weighted by molar-refractivity contribution is 6.06. The standard InChI is InChI=1S/C46H37N/c1-45(2)38-22-14-13-21-36(38)42-40(45)29-41-43(37-26-24-33(28-39(37)46(41,3)4)30-15-7-5-8-16-30)44(42)47(34-19-9-6-10-20-34)35-25-23-31-17-11-12-18-32(31)27-35/h5-29H,1-4H3. The number of hydrogen-bond acceptors (Lipinski definition) is 1. The summed E-state index contributed by atoms with van der Waals surface area (Å²) < 4.78 is 0. The molecule has 0 amide bonds. The van der Waals surface area contributed by atoms with E-state index in [2.05, 4.69) is 184 Å². The van der Waals surface area contributed by atoms with Gasteiger partial charge >= 0.3 is 0 Å². The maximum Gasteiger partial charge on any atom is 0.0624 e. The number of benzene rings is 7. The van der Waals surface area contributed by atoms with Crippen LogP contribution in [-0.2, 0) is 10.8 Å². The Morgan fingerprint density at radius 2 is 0.979 bits per heavy atom. The van der Waals surface area contributed by atoms with Gasteiger partial charge in [0, 0.05) is 33.3 Å². The summed E-state index contributed by atoms with van der Waals surface area (Å²) in [5.41, 5.74) is 16.7. The van der Waals surface area contributed by atoms with Crippen molar-refractivity contribution in [2.45, 2.75) is 38.5 Å². The van der Waals surface area contributed by atoms with Crippen LogP contribution >= 0.6 is 0 Å². The van der Waals surface area contributed by atoms with Crippen LogP contribution in [0, 0.1) is 0 Å². The number of anilines is 3. The van der Waals surface area contributed by atoms with E-state index in [-0.39, 0.29) is 10.8 Å². The van der Waals surface area contributed by atoms with Crippen molar-refractivity contribution in [2.24, 2.45) is 0 Å². The number of nitrogens with zero attached hydrogens (tertiary/aromatic N) is 1. The number of rotatable bonds is 4. The molecule has 0 radical (unpaired) electrons. The van der Waals surface area contributed by atoms with Gasteiger partial charge in [-0.3, -0.25) is 0 Å². The minimum Gasteiger partial charge on any atom is -0.309 e. The van der Waals surface area contributed by atoms with Gasteiger partial charge < -0.3 is 4.90 Å². The van der Waals surface area contributed by atoms with Crippen molar-refractivity contribution in [2.75, 3.05) is 4.90 Å². The fourth-order valence-electron chi connectivity index (χ4n) is 8.35. The molecule has 0 N–H and O–H groups in total. The van der Waals surface area contributed by atoms with Gasteiger partial charge in [0.05, 0.1) is 5.69 Å². The highest BCUT2D eigenvalue weighted by atomic mass is 15.1. The van der Waals surface area contributed by atoms with Gasteiger partial charge in [-0.1, -0.05) is 149 Å². The quantitative estimate of drug-likeness (QED) is 0.193. The van der Waals surface area contributed by atoms with Gasteiger partial charge in [0.1, 0.15) is 0 Å². The Kier molecular flexibility index (Phi) is 5.96. The average Bonchev–Trinajstić information content (AvgIpc) is 3.48. The summed E-state index contributed by atoms with van der Waals surface area (Å²) in [6.07, 6.45) is 0. The molecular formula is C46H37N. The van der Waals surface area contributed by atoms with Crippen LogP contribution in [0.4, 0.5) is 17.1 Å². The Morgan fingerprint density at radius 3 is 1.72 bits per heavy atom. The van der Waals surface area contributed by atoms with Crippen LogP contribution in [0.1, 0.15) is 49.9 Å². The van der Waals surface area contributed by atoms with Crippen molar-refractivity contribution in [1.29, 1.82) is 0 Å². The number of para-hydroxylation sites is 1. The zero-order valence-electron chi connectivity index (χ0n) is 27.4. The third-order valence-corrected chi connectivity index (χ3v) is 10.8. The summed E-state index contributed by atoms with van der Waals surface area (Å²) in [6, 6.07) is 56.1. The van der Waals surface area contributed by atoms with E-state index in [0.29, 0.717) is 0 Å². The lowest BCUT2D eigenvalue weighted by atomic mass is 9.77. The van der Waals surface area contributed by atoms with E-state index < -0.39 is 0 Å². The summed E-state index contributed by atoms with van der Waals surface area (Å²) >= 11 is 0. The molecule has 0 fully saturated rings. The predicted molar refractivity (Wildman–Crippen MR) is 199 cm³/mol. The molecule has 2 aliphatic rings. The van der Waals surface area contributed by atoms with E-state index in [1.807, 2.05) is 0 Å². The number of fused-ring (bicyclic) bond motifs is 7. The molecule has 0 bridgehead atoms. The summed E-state index contributed by atoms with van der Waals surface area (Å²) in [5, 5.41) is 2.49. The lowest BCUT2D eigenvalue weighted by molar-refractivity contribution is 0.639. The normalized spacial score (nSPS) is 14.7. The second-order valence-electron chi connectivity index (χ2n) is 14.2. The van der Waals surface area contributed by atoms with Crippen molar-refractivity contribution in [3.63, 3.8) is 0 Å². The Hall–Kier alpha value is -5.40. The molecule has 7 aromatic carbocycles. The first-order valence-electron chi connectivity index (χ1n) is 16.7. The summed E-state index contributed by atoms with van der Waals surface area (Å²) in [7, 11) is 0. The lowest BCUT2D eigenvalue weighted by Gasteiger charge is -2.33. The van der Waals surface area contributed by atoms with E-state index in [1.54, 1.807) is 0 Å². The minimum atomic E-state index is -0.185. The van der Waals surface area contributed by atoms with Gasteiger partial charge in [-0.25, -0.2) is 0 Å². The van der Waals surface area contributed by atoms with Gasteiger partial charge in [0.15, 0.2) is 0 Å². The monoisotopic (exact) mass is 603 g/mol. The van der Waals surface area contributed by atoms with E-state index >= 15 is 0 Å². The Labute approximate surface area is 277 Å². The van der Waals surface area contributed by atoms with Crippen LogP contribution in [0.15, 0.2) is 152 Å². The first kappa shape index (κ1) is 27.9. The fraction of sp³-hybridized carbons (Fsp3) is 0.130. The van der Waals surface area contributed by atoms with Gasteiger partial charge in [-0.2, -0.15) is 0 Å². The van der Waals surface area contributed by atoms with Crippen LogP contribution in [0.2, 0.25) is 0 Å². The summed E-state index contributed by atoms with van der Waals surface area (Å²) in [4.78, 5) is 2.54. The molecule has 0 aromatic heterocycles. The molecule has 1 heteroatoms. The predicted octanol–water partition coefficient (Wildman–Crippen LogP) is 12.6. The second-order valence-corrected chi connectivity index (χ2v) is 14.2. The molecule has 0 saturated heterocycles. The van der Waals surface area contributed by atoms with E-state index in [9.17, 15) is 0 Å². The van der Waals surface area contributed by atoms with Gasteiger partial charge in [0.25, 0.3) is 0 Å². The first-order valence-corrected chi connectivity index (χ1v) is 16.7. The molecule has 226 valence electrons. The Morgan fingerprint density at radius 1 is 0.383 bits per heavy atom. The topological polar surface area (TPSA) is 3.24 Å². The molecule has 47 heavy (non-hydrogen) atoms. The molecule has 0 heterocycles. The van der Waals surface area contributed by atoms with Gasteiger partial charge in [0.2, 0.25) is 0 Å². The van der Waals surface area contributed by atoms with Gasteiger partial charge in [-0.05, 0) is 85.6 Å².